The monoisotopic (exact) mass is 270 g/mol. The number of para-hydroxylation sites is 1. The molecule has 0 unspecified atom stereocenters. The first kappa shape index (κ1) is 11.9. The molecule has 1 aromatic carbocycles. The summed E-state index contributed by atoms with van der Waals surface area (Å²) in [4.78, 5) is 25.3. The van der Waals surface area contributed by atoms with Crippen LogP contribution in [0.5, 0.6) is 0 Å². The molecule has 0 aliphatic carbocycles. The first-order chi connectivity index (χ1) is 9.18. The summed E-state index contributed by atoms with van der Waals surface area (Å²) < 4.78 is 5.58. The third-order valence-electron chi connectivity index (χ3n) is 2.95. The number of fused-ring (bicyclic) bond motifs is 1. The van der Waals surface area contributed by atoms with Gasteiger partial charge < -0.3 is 4.42 Å². The number of ketones is 1. The van der Waals surface area contributed by atoms with Crippen LogP contribution < -0.4 is 5.43 Å². The molecule has 0 saturated carbocycles. The number of thiophene rings is 1. The second-order valence-electron chi connectivity index (χ2n) is 4.16. The first-order valence-corrected chi connectivity index (χ1v) is 6.67. The molecule has 3 rings (SSSR count). The van der Waals surface area contributed by atoms with Crippen LogP contribution in [0.4, 0.5) is 0 Å². The topological polar surface area (TPSA) is 47.3 Å². The van der Waals surface area contributed by atoms with Crippen LogP contribution in [0.25, 0.3) is 11.0 Å². The quantitative estimate of drug-likeness (QED) is 0.670. The summed E-state index contributed by atoms with van der Waals surface area (Å²) in [5.74, 6) is 0.0918. The lowest BCUT2D eigenvalue weighted by Crippen LogP contribution is -2.17. The number of carbonyl (C=O) groups excluding carboxylic acids is 1. The normalized spacial score (nSPS) is 10.8. The van der Waals surface area contributed by atoms with E-state index in [-0.39, 0.29) is 16.8 Å². The fraction of sp³-hybridized carbons (Fsp3) is 0.0667. The summed E-state index contributed by atoms with van der Waals surface area (Å²) in [6.07, 6.45) is 0. The van der Waals surface area contributed by atoms with Crippen LogP contribution in [0.3, 0.4) is 0 Å². The Morgan fingerprint density at radius 3 is 2.68 bits per heavy atom. The molecule has 0 fully saturated rings. The van der Waals surface area contributed by atoms with Crippen LogP contribution in [0, 0.1) is 6.92 Å². The summed E-state index contributed by atoms with van der Waals surface area (Å²) in [6, 6.07) is 10.4. The summed E-state index contributed by atoms with van der Waals surface area (Å²) >= 11 is 1.32. The van der Waals surface area contributed by atoms with Crippen LogP contribution in [0.1, 0.15) is 21.0 Å². The number of carbonyl (C=O) groups is 1. The fourth-order valence-corrected chi connectivity index (χ4v) is 2.72. The van der Waals surface area contributed by atoms with Gasteiger partial charge in [-0.1, -0.05) is 18.2 Å². The highest BCUT2D eigenvalue weighted by Gasteiger charge is 2.20. The van der Waals surface area contributed by atoms with Crippen LogP contribution in [-0.4, -0.2) is 5.78 Å². The molecule has 0 aliphatic heterocycles. The molecule has 94 valence electrons. The zero-order chi connectivity index (χ0) is 13.4. The van der Waals surface area contributed by atoms with Crippen molar-refractivity contribution >= 4 is 28.1 Å². The Bertz CT molecular complexity index is 813. The summed E-state index contributed by atoms with van der Waals surface area (Å²) in [6.45, 7) is 1.65. The van der Waals surface area contributed by atoms with Crippen molar-refractivity contribution in [2.45, 2.75) is 6.92 Å². The third-order valence-corrected chi connectivity index (χ3v) is 3.81. The van der Waals surface area contributed by atoms with E-state index in [9.17, 15) is 9.59 Å². The minimum absolute atomic E-state index is 0.126. The van der Waals surface area contributed by atoms with Gasteiger partial charge in [0.25, 0.3) is 0 Å². The minimum atomic E-state index is -0.271. The van der Waals surface area contributed by atoms with E-state index in [0.29, 0.717) is 21.6 Å². The Kier molecular flexibility index (Phi) is 2.80. The van der Waals surface area contributed by atoms with Gasteiger partial charge in [-0.15, -0.1) is 11.3 Å². The molecule has 2 aromatic heterocycles. The van der Waals surface area contributed by atoms with E-state index in [4.69, 9.17) is 4.42 Å². The highest BCUT2D eigenvalue weighted by molar-refractivity contribution is 7.12. The van der Waals surface area contributed by atoms with Crippen molar-refractivity contribution < 1.29 is 9.21 Å². The zero-order valence-electron chi connectivity index (χ0n) is 10.2. The van der Waals surface area contributed by atoms with Gasteiger partial charge in [-0.05, 0) is 30.5 Å². The highest BCUT2D eigenvalue weighted by atomic mass is 32.1. The second-order valence-corrected chi connectivity index (χ2v) is 5.11. The Balaban J connectivity index is 2.30. The van der Waals surface area contributed by atoms with Gasteiger partial charge in [-0.2, -0.15) is 0 Å². The zero-order valence-corrected chi connectivity index (χ0v) is 11.0. The molecule has 0 bridgehead atoms. The summed E-state index contributed by atoms with van der Waals surface area (Å²) in [7, 11) is 0. The molecule has 4 heteroatoms. The minimum Gasteiger partial charge on any atom is -0.460 e. The molecule has 0 amide bonds. The molecule has 0 atom stereocenters. The third kappa shape index (κ3) is 1.90. The average molecular weight is 270 g/mol. The Labute approximate surface area is 113 Å². The second kappa shape index (κ2) is 4.48. The standard InChI is InChI=1S/C15H10O3S/c1-9-13(15(17)12-7-4-8-19-12)14(16)10-5-2-3-6-11(10)18-9/h2-8H,1H3. The lowest BCUT2D eigenvalue weighted by atomic mass is 10.1. The van der Waals surface area contributed by atoms with Crippen LogP contribution in [0.2, 0.25) is 0 Å². The number of benzene rings is 1. The Morgan fingerprint density at radius 2 is 1.95 bits per heavy atom. The van der Waals surface area contributed by atoms with E-state index in [2.05, 4.69) is 0 Å². The molecular formula is C15H10O3S. The van der Waals surface area contributed by atoms with Gasteiger partial charge in [0.05, 0.1) is 10.3 Å². The van der Waals surface area contributed by atoms with Gasteiger partial charge in [0.2, 0.25) is 11.2 Å². The maximum absolute atomic E-state index is 12.4. The predicted octanol–water partition coefficient (Wildman–Crippen LogP) is 3.39. The largest absolute Gasteiger partial charge is 0.460 e. The molecular weight excluding hydrogens is 260 g/mol. The van der Waals surface area contributed by atoms with E-state index < -0.39 is 0 Å². The Morgan fingerprint density at radius 1 is 1.16 bits per heavy atom. The van der Waals surface area contributed by atoms with Crippen molar-refractivity contribution in [2.24, 2.45) is 0 Å². The van der Waals surface area contributed by atoms with E-state index >= 15 is 0 Å². The maximum Gasteiger partial charge on any atom is 0.210 e. The smallest absolute Gasteiger partial charge is 0.210 e. The van der Waals surface area contributed by atoms with Crippen molar-refractivity contribution in [1.29, 1.82) is 0 Å². The number of hydrogen-bond acceptors (Lipinski definition) is 4. The van der Waals surface area contributed by atoms with Crippen LogP contribution in [0.15, 0.2) is 51.0 Å². The van der Waals surface area contributed by atoms with Crippen molar-refractivity contribution in [3.8, 4) is 0 Å². The molecule has 3 nitrogen and oxygen atoms in total. The van der Waals surface area contributed by atoms with Gasteiger partial charge >= 0.3 is 0 Å². The van der Waals surface area contributed by atoms with Crippen molar-refractivity contribution in [3.05, 3.63) is 68.2 Å². The van der Waals surface area contributed by atoms with E-state index in [1.165, 1.54) is 11.3 Å². The van der Waals surface area contributed by atoms with Gasteiger partial charge in [0.1, 0.15) is 16.9 Å². The maximum atomic E-state index is 12.4. The fourth-order valence-electron chi connectivity index (χ4n) is 2.05. The van der Waals surface area contributed by atoms with Crippen molar-refractivity contribution in [3.63, 3.8) is 0 Å². The lowest BCUT2D eigenvalue weighted by Gasteiger charge is -2.04. The molecule has 0 saturated heterocycles. The summed E-state index contributed by atoms with van der Waals surface area (Å²) in [5, 5.41) is 2.25. The number of rotatable bonds is 2. The molecule has 0 radical (unpaired) electrons. The molecule has 19 heavy (non-hydrogen) atoms. The van der Waals surface area contributed by atoms with E-state index in [1.807, 2.05) is 5.38 Å². The molecule has 0 N–H and O–H groups in total. The predicted molar refractivity (Wildman–Crippen MR) is 75.0 cm³/mol. The Hall–Kier alpha value is -2.20. The van der Waals surface area contributed by atoms with Crippen molar-refractivity contribution in [1.82, 2.24) is 0 Å². The molecule has 0 spiro atoms. The first-order valence-electron chi connectivity index (χ1n) is 5.79. The number of hydrogen-bond donors (Lipinski definition) is 0. The number of aryl methyl sites for hydroxylation is 1. The van der Waals surface area contributed by atoms with Gasteiger partial charge in [0, 0.05) is 0 Å². The molecule has 2 heterocycles. The van der Waals surface area contributed by atoms with Gasteiger partial charge in [-0.3, -0.25) is 9.59 Å². The van der Waals surface area contributed by atoms with Crippen LogP contribution >= 0.6 is 11.3 Å². The van der Waals surface area contributed by atoms with Crippen LogP contribution in [-0.2, 0) is 0 Å². The van der Waals surface area contributed by atoms with Gasteiger partial charge in [-0.25, -0.2) is 0 Å². The van der Waals surface area contributed by atoms with Gasteiger partial charge in [0.15, 0.2) is 0 Å². The lowest BCUT2D eigenvalue weighted by molar-refractivity contribution is 0.103. The van der Waals surface area contributed by atoms with E-state index in [1.54, 1.807) is 43.3 Å². The van der Waals surface area contributed by atoms with E-state index in [0.717, 1.165) is 0 Å². The molecule has 0 aliphatic rings. The highest BCUT2D eigenvalue weighted by Crippen LogP contribution is 2.19. The van der Waals surface area contributed by atoms with Crippen molar-refractivity contribution in [2.75, 3.05) is 0 Å². The SMILES string of the molecule is Cc1oc2ccccc2c(=O)c1C(=O)c1cccs1. The average Bonchev–Trinajstić information content (AvgIpc) is 2.92. The summed E-state index contributed by atoms with van der Waals surface area (Å²) in [5.41, 5.74) is 0.367. The molecule has 3 aromatic rings.